The Kier molecular flexibility index (Phi) is 5.64. The predicted octanol–water partition coefficient (Wildman–Crippen LogP) is 2.96. The molecule has 1 aromatic heterocycles. The Bertz CT molecular complexity index is 702. The molecule has 0 aliphatic rings. The number of carbonyl (C=O) groups excluding carboxylic acids is 1. The van der Waals surface area contributed by atoms with Crippen LogP contribution in [-0.2, 0) is 19.5 Å². The molecule has 122 valence electrons. The minimum atomic E-state index is -0.453. The highest BCUT2D eigenvalue weighted by molar-refractivity contribution is 7.11. The molecule has 1 aromatic carbocycles. The third-order valence-electron chi connectivity index (χ3n) is 3.23. The summed E-state index contributed by atoms with van der Waals surface area (Å²) in [5.74, 6) is 0. The highest BCUT2D eigenvalue weighted by Gasteiger charge is 2.12. The van der Waals surface area contributed by atoms with Crippen LogP contribution in [0.3, 0.4) is 0 Å². The van der Waals surface area contributed by atoms with Crippen molar-refractivity contribution >= 4 is 23.1 Å². The van der Waals surface area contributed by atoms with E-state index in [4.69, 9.17) is 0 Å². The molecular weight excluding hydrogens is 316 g/mol. The van der Waals surface area contributed by atoms with Gasteiger partial charge in [0.1, 0.15) is 5.01 Å². The van der Waals surface area contributed by atoms with Crippen LogP contribution in [0.1, 0.15) is 22.4 Å². The van der Waals surface area contributed by atoms with E-state index in [-0.39, 0.29) is 18.3 Å². The van der Waals surface area contributed by atoms with Crippen LogP contribution in [0.4, 0.5) is 10.5 Å². The topological polar surface area (TPSA) is 88.4 Å². The number of non-ortho nitro benzene ring substituents is 1. The average Bonchev–Trinajstić information content (AvgIpc) is 3.00. The lowest BCUT2D eigenvalue weighted by atomic mass is 10.2. The molecule has 0 saturated heterocycles. The van der Waals surface area contributed by atoms with Gasteiger partial charge in [0.25, 0.3) is 5.69 Å². The summed E-state index contributed by atoms with van der Waals surface area (Å²) >= 11 is 1.59. The number of aromatic nitrogens is 1. The lowest BCUT2D eigenvalue weighted by Gasteiger charge is -2.16. The van der Waals surface area contributed by atoms with Crippen LogP contribution >= 0.6 is 11.3 Å². The Hall–Kier alpha value is -2.48. The number of nitrogens with one attached hydrogen (secondary N) is 1. The molecule has 2 rings (SSSR count). The van der Waals surface area contributed by atoms with Crippen molar-refractivity contribution in [1.29, 1.82) is 0 Å². The fourth-order valence-corrected chi connectivity index (χ4v) is 2.87. The number of hydrogen-bond donors (Lipinski definition) is 1. The Morgan fingerprint density at radius 3 is 2.91 bits per heavy atom. The van der Waals surface area contributed by atoms with Crippen LogP contribution in [-0.4, -0.2) is 27.9 Å². The van der Waals surface area contributed by atoms with Gasteiger partial charge >= 0.3 is 6.03 Å². The van der Waals surface area contributed by atoms with Gasteiger partial charge in [-0.15, -0.1) is 11.3 Å². The number of carbonyl (C=O) groups is 1. The molecule has 2 amide bonds. The molecule has 0 atom stereocenters. The van der Waals surface area contributed by atoms with E-state index < -0.39 is 4.92 Å². The number of aryl methyl sites for hydroxylation is 1. The van der Waals surface area contributed by atoms with Gasteiger partial charge in [0.05, 0.1) is 11.5 Å². The molecule has 1 heterocycles. The summed E-state index contributed by atoms with van der Waals surface area (Å²) < 4.78 is 0. The number of urea groups is 1. The van der Waals surface area contributed by atoms with Crippen LogP contribution < -0.4 is 5.32 Å². The van der Waals surface area contributed by atoms with Gasteiger partial charge in [-0.05, 0) is 12.0 Å². The number of hydrogen-bond acceptors (Lipinski definition) is 5. The molecule has 1 N–H and O–H groups in total. The summed E-state index contributed by atoms with van der Waals surface area (Å²) in [6.07, 6.45) is 2.76. The fourth-order valence-electron chi connectivity index (χ4n) is 1.95. The molecule has 0 radical (unpaired) electrons. The monoisotopic (exact) mass is 334 g/mol. The molecule has 23 heavy (non-hydrogen) atoms. The summed E-state index contributed by atoms with van der Waals surface area (Å²) in [6.45, 7) is 2.74. The number of rotatable bonds is 6. The SMILES string of the molecule is CCc1cnc(CN(C)C(=O)NCc2cccc([N+](=O)[O-])c2)s1. The smallest absolute Gasteiger partial charge is 0.317 e. The first kappa shape index (κ1) is 16.9. The van der Waals surface area contributed by atoms with E-state index >= 15 is 0 Å². The maximum absolute atomic E-state index is 12.1. The standard InChI is InChI=1S/C15H18N4O3S/c1-3-13-9-16-14(23-13)10-18(2)15(20)17-8-11-5-4-6-12(7-11)19(21)22/h4-7,9H,3,8,10H2,1-2H3,(H,17,20). The second kappa shape index (κ2) is 7.68. The van der Waals surface area contributed by atoms with Crippen molar-refractivity contribution in [2.45, 2.75) is 26.4 Å². The molecule has 0 saturated carbocycles. The lowest BCUT2D eigenvalue weighted by molar-refractivity contribution is -0.384. The number of nitro benzene ring substituents is 1. The van der Waals surface area contributed by atoms with E-state index in [0.717, 1.165) is 11.4 Å². The number of nitro groups is 1. The molecule has 0 aliphatic carbocycles. The van der Waals surface area contributed by atoms with Crippen molar-refractivity contribution in [1.82, 2.24) is 15.2 Å². The van der Waals surface area contributed by atoms with Gasteiger partial charge in [-0.1, -0.05) is 19.1 Å². The number of thiazole rings is 1. The summed E-state index contributed by atoms with van der Waals surface area (Å²) in [6, 6.07) is 5.97. The van der Waals surface area contributed by atoms with Crippen molar-refractivity contribution in [3.05, 3.63) is 56.0 Å². The maximum Gasteiger partial charge on any atom is 0.317 e. The zero-order valence-corrected chi connectivity index (χ0v) is 13.8. The zero-order valence-electron chi connectivity index (χ0n) is 13.0. The molecule has 0 aliphatic heterocycles. The van der Waals surface area contributed by atoms with Crippen molar-refractivity contribution in [3.8, 4) is 0 Å². The number of nitrogens with zero attached hydrogens (tertiary/aromatic N) is 3. The summed E-state index contributed by atoms with van der Waals surface area (Å²) in [5, 5.41) is 14.4. The van der Waals surface area contributed by atoms with E-state index in [9.17, 15) is 14.9 Å². The van der Waals surface area contributed by atoms with Crippen molar-refractivity contribution in [3.63, 3.8) is 0 Å². The Morgan fingerprint density at radius 2 is 2.26 bits per heavy atom. The van der Waals surface area contributed by atoms with Crippen LogP contribution in [0.25, 0.3) is 0 Å². The van der Waals surface area contributed by atoms with E-state index in [1.54, 1.807) is 30.5 Å². The van der Waals surface area contributed by atoms with Gasteiger partial charge < -0.3 is 10.2 Å². The van der Waals surface area contributed by atoms with Crippen LogP contribution in [0, 0.1) is 10.1 Å². The molecular formula is C15H18N4O3S. The van der Waals surface area contributed by atoms with E-state index in [1.807, 2.05) is 6.20 Å². The third kappa shape index (κ3) is 4.75. The third-order valence-corrected chi connectivity index (χ3v) is 4.36. The van der Waals surface area contributed by atoms with Crippen LogP contribution in [0.2, 0.25) is 0 Å². The largest absolute Gasteiger partial charge is 0.334 e. The minimum Gasteiger partial charge on any atom is -0.334 e. The molecule has 2 aromatic rings. The Labute approximate surface area is 138 Å². The fraction of sp³-hybridized carbons (Fsp3) is 0.333. The number of benzene rings is 1. The van der Waals surface area contributed by atoms with Gasteiger partial charge in [0.2, 0.25) is 0 Å². The van der Waals surface area contributed by atoms with Gasteiger partial charge in [-0.25, -0.2) is 9.78 Å². The first-order chi connectivity index (χ1) is 11.0. The maximum atomic E-state index is 12.1. The van der Waals surface area contributed by atoms with Crippen molar-refractivity contribution in [2.75, 3.05) is 7.05 Å². The first-order valence-corrected chi connectivity index (χ1v) is 7.97. The number of amides is 2. The Morgan fingerprint density at radius 1 is 1.48 bits per heavy atom. The lowest BCUT2D eigenvalue weighted by Crippen LogP contribution is -2.36. The molecule has 8 heteroatoms. The minimum absolute atomic E-state index is 0.0139. The highest BCUT2D eigenvalue weighted by atomic mass is 32.1. The Balaban J connectivity index is 1.88. The molecule has 0 unspecified atom stereocenters. The quantitative estimate of drug-likeness (QED) is 0.650. The molecule has 0 bridgehead atoms. The summed E-state index contributed by atoms with van der Waals surface area (Å²) in [5.41, 5.74) is 0.698. The second-order valence-corrected chi connectivity index (χ2v) is 6.22. The van der Waals surface area contributed by atoms with E-state index in [1.165, 1.54) is 21.9 Å². The van der Waals surface area contributed by atoms with E-state index in [2.05, 4.69) is 17.2 Å². The van der Waals surface area contributed by atoms with Crippen molar-refractivity contribution < 1.29 is 9.72 Å². The summed E-state index contributed by atoms with van der Waals surface area (Å²) in [7, 11) is 1.69. The van der Waals surface area contributed by atoms with Gasteiger partial charge in [-0.2, -0.15) is 0 Å². The van der Waals surface area contributed by atoms with Crippen LogP contribution in [0.15, 0.2) is 30.5 Å². The van der Waals surface area contributed by atoms with Crippen LogP contribution in [0.5, 0.6) is 0 Å². The van der Waals surface area contributed by atoms with Gasteiger partial charge in [0.15, 0.2) is 0 Å². The van der Waals surface area contributed by atoms with E-state index in [0.29, 0.717) is 12.1 Å². The van der Waals surface area contributed by atoms with Gasteiger partial charge in [0, 0.05) is 36.8 Å². The summed E-state index contributed by atoms with van der Waals surface area (Å²) in [4.78, 5) is 29.4. The first-order valence-electron chi connectivity index (χ1n) is 7.15. The molecule has 0 spiro atoms. The predicted molar refractivity (Wildman–Crippen MR) is 88.3 cm³/mol. The molecule has 7 nitrogen and oxygen atoms in total. The normalized spacial score (nSPS) is 10.3. The zero-order chi connectivity index (χ0) is 16.8. The highest BCUT2D eigenvalue weighted by Crippen LogP contribution is 2.15. The van der Waals surface area contributed by atoms with Crippen molar-refractivity contribution in [2.24, 2.45) is 0 Å². The molecule has 0 fully saturated rings. The van der Waals surface area contributed by atoms with Gasteiger partial charge in [-0.3, -0.25) is 10.1 Å². The average molecular weight is 334 g/mol. The second-order valence-electron chi connectivity index (χ2n) is 5.02.